The molecule has 4 aliphatic rings. The summed E-state index contributed by atoms with van der Waals surface area (Å²) in [5.74, 6) is 6.86. The zero-order valence-corrected chi connectivity index (χ0v) is 22.9. The zero-order chi connectivity index (χ0) is 28.1. The molecule has 9 nitrogen and oxygen atoms in total. The lowest BCUT2D eigenvalue weighted by Gasteiger charge is -2.25. The van der Waals surface area contributed by atoms with Gasteiger partial charge in [0.25, 0.3) is 0 Å². The van der Waals surface area contributed by atoms with E-state index in [0.29, 0.717) is 40.2 Å². The van der Waals surface area contributed by atoms with Gasteiger partial charge in [-0.2, -0.15) is 0 Å². The van der Waals surface area contributed by atoms with Crippen LogP contribution in [0.25, 0.3) is 11.2 Å². The molecule has 2 aromatic carbocycles. The van der Waals surface area contributed by atoms with Crippen LogP contribution in [-0.4, -0.2) is 60.4 Å². The van der Waals surface area contributed by atoms with Crippen LogP contribution < -0.4 is 10.6 Å². The quantitative estimate of drug-likeness (QED) is 0.274. The van der Waals surface area contributed by atoms with Gasteiger partial charge in [0, 0.05) is 35.5 Å². The second kappa shape index (κ2) is 8.52. The van der Waals surface area contributed by atoms with Gasteiger partial charge in [-0.25, -0.2) is 15.0 Å². The number of rotatable bonds is 5. The second-order valence-electron chi connectivity index (χ2n) is 11.7. The molecule has 8 atom stereocenters. The van der Waals surface area contributed by atoms with Crippen molar-refractivity contribution in [1.29, 1.82) is 0 Å². The first-order valence-corrected chi connectivity index (χ1v) is 14.2. The Morgan fingerprint density at radius 2 is 1.98 bits per heavy atom. The van der Waals surface area contributed by atoms with Gasteiger partial charge in [0.1, 0.15) is 5.60 Å². The minimum atomic E-state index is -1.41. The van der Waals surface area contributed by atoms with E-state index < -0.39 is 23.2 Å². The number of halogens is 1. The SMILES string of the molecule is CNC(=O)C12CC1[C@H]1C(n3cnc4c(NC5CC5c5ccccc5)nc(C#Cc5cccc(Cl)c5)nc43)[C@@]1(O)[C@@H]2O. The maximum Gasteiger partial charge on any atom is 0.229 e. The highest BCUT2D eigenvalue weighted by molar-refractivity contribution is 6.30. The average molecular weight is 567 g/mol. The largest absolute Gasteiger partial charge is 0.389 e. The molecule has 8 rings (SSSR count). The summed E-state index contributed by atoms with van der Waals surface area (Å²) in [6.45, 7) is 0. The van der Waals surface area contributed by atoms with E-state index in [1.54, 1.807) is 25.5 Å². The Morgan fingerprint density at radius 1 is 1.15 bits per heavy atom. The van der Waals surface area contributed by atoms with Gasteiger partial charge in [0.2, 0.25) is 11.7 Å². The Labute approximate surface area is 241 Å². The van der Waals surface area contributed by atoms with E-state index in [4.69, 9.17) is 21.6 Å². The Kier molecular flexibility index (Phi) is 5.15. The molecule has 41 heavy (non-hydrogen) atoms. The number of anilines is 1. The topological polar surface area (TPSA) is 125 Å². The number of aliphatic hydroxyl groups is 2. The summed E-state index contributed by atoms with van der Waals surface area (Å²) in [6.07, 6.45) is 2.02. The van der Waals surface area contributed by atoms with Crippen molar-refractivity contribution in [3.63, 3.8) is 0 Å². The van der Waals surface area contributed by atoms with E-state index in [2.05, 4.69) is 39.6 Å². The van der Waals surface area contributed by atoms with Gasteiger partial charge < -0.3 is 25.4 Å². The Morgan fingerprint density at radius 3 is 2.71 bits per heavy atom. The van der Waals surface area contributed by atoms with Gasteiger partial charge in [-0.15, -0.1) is 0 Å². The number of carbonyl (C=O) groups is 1. The van der Waals surface area contributed by atoms with Crippen LogP contribution in [0.15, 0.2) is 60.9 Å². The van der Waals surface area contributed by atoms with Gasteiger partial charge in [-0.3, -0.25) is 4.79 Å². The first kappa shape index (κ1) is 24.8. The molecule has 4 aromatic rings. The number of fused-ring (bicyclic) bond motifs is 4. The van der Waals surface area contributed by atoms with Crippen LogP contribution >= 0.6 is 11.6 Å². The highest BCUT2D eigenvalue weighted by Crippen LogP contribution is 2.82. The summed E-state index contributed by atoms with van der Waals surface area (Å²) in [4.78, 5) is 26.7. The van der Waals surface area contributed by atoms with Crippen molar-refractivity contribution in [2.45, 2.75) is 42.5 Å². The van der Waals surface area contributed by atoms with E-state index in [1.165, 1.54) is 5.56 Å². The van der Waals surface area contributed by atoms with Crippen molar-refractivity contribution in [2.75, 3.05) is 12.4 Å². The van der Waals surface area contributed by atoms with Crippen molar-refractivity contribution in [3.05, 3.63) is 82.9 Å². The minimum absolute atomic E-state index is 0.0930. The summed E-state index contributed by atoms with van der Waals surface area (Å²) in [5.41, 5.74) is 0.795. The monoisotopic (exact) mass is 566 g/mol. The smallest absolute Gasteiger partial charge is 0.229 e. The van der Waals surface area contributed by atoms with Gasteiger partial charge in [0.05, 0.1) is 23.9 Å². The van der Waals surface area contributed by atoms with Crippen LogP contribution in [0.3, 0.4) is 0 Å². The van der Waals surface area contributed by atoms with Crippen LogP contribution in [0.2, 0.25) is 5.02 Å². The van der Waals surface area contributed by atoms with Crippen molar-refractivity contribution in [3.8, 4) is 11.8 Å². The molecule has 4 fully saturated rings. The summed E-state index contributed by atoms with van der Waals surface area (Å²) in [6, 6.07) is 17.4. The molecule has 0 bridgehead atoms. The molecule has 206 valence electrons. The van der Waals surface area contributed by atoms with E-state index >= 15 is 0 Å². The van der Waals surface area contributed by atoms with Crippen LogP contribution in [0.5, 0.6) is 0 Å². The molecule has 10 heteroatoms. The third kappa shape index (κ3) is 3.51. The van der Waals surface area contributed by atoms with E-state index in [9.17, 15) is 15.0 Å². The third-order valence-corrected chi connectivity index (χ3v) is 9.75. The van der Waals surface area contributed by atoms with E-state index in [-0.39, 0.29) is 23.8 Å². The second-order valence-corrected chi connectivity index (χ2v) is 12.1. The number of amides is 1. The maximum atomic E-state index is 12.6. The van der Waals surface area contributed by atoms with Gasteiger partial charge in [-0.1, -0.05) is 53.9 Å². The first-order valence-electron chi connectivity index (χ1n) is 13.8. The number of imidazole rings is 1. The number of carbonyl (C=O) groups excluding carboxylic acids is 1. The molecule has 2 aromatic heterocycles. The van der Waals surface area contributed by atoms with Crippen LogP contribution in [0.1, 0.15) is 41.8 Å². The lowest BCUT2D eigenvalue weighted by atomic mass is 9.93. The van der Waals surface area contributed by atoms with Crippen molar-refractivity contribution < 1.29 is 15.0 Å². The number of aliphatic hydroxyl groups excluding tert-OH is 1. The number of hydrogen-bond acceptors (Lipinski definition) is 7. The van der Waals surface area contributed by atoms with Gasteiger partial charge >= 0.3 is 0 Å². The fraction of sp³-hybridized carbons (Fsp3) is 0.355. The summed E-state index contributed by atoms with van der Waals surface area (Å²) in [7, 11) is 1.56. The van der Waals surface area contributed by atoms with Gasteiger partial charge in [-0.05, 0) is 48.4 Å². The molecule has 0 aliphatic heterocycles. The number of nitrogens with zero attached hydrogens (tertiary/aromatic N) is 4. The predicted molar refractivity (Wildman–Crippen MR) is 152 cm³/mol. The van der Waals surface area contributed by atoms with E-state index in [1.807, 2.05) is 34.9 Å². The predicted octanol–water partition coefficient (Wildman–Crippen LogP) is 2.88. The molecule has 2 heterocycles. The fourth-order valence-corrected chi connectivity index (χ4v) is 7.54. The molecule has 5 unspecified atom stereocenters. The molecular weight excluding hydrogens is 540 g/mol. The average Bonchev–Trinajstić information content (AvgIpc) is 3.93. The number of hydrogen-bond donors (Lipinski definition) is 4. The zero-order valence-electron chi connectivity index (χ0n) is 22.1. The molecule has 0 radical (unpaired) electrons. The standard InChI is InChI=1S/C31H27ClN6O3/c1-33-29(40)30-14-20(30)23-25(31(23,41)28(30)39)38-15-34-24-26(35-21-13-19(21)17-7-3-2-4-8-17)36-22(37-27(24)38)11-10-16-6-5-9-18(32)12-16/h2-9,12,15,19-21,23,25,28,39,41H,13-14H2,1H3,(H,33,40)(H,35,36,37)/t19?,20?,21?,23-,25?,28+,30?,31+/m0/s1. The molecular formula is C31H27ClN6O3. The molecule has 0 saturated heterocycles. The minimum Gasteiger partial charge on any atom is -0.389 e. The normalized spacial score (nSPS) is 33.8. The molecule has 4 N–H and O–H groups in total. The first-order chi connectivity index (χ1) is 19.9. The summed E-state index contributed by atoms with van der Waals surface area (Å²) in [5, 5.41) is 29.6. The lowest BCUT2D eigenvalue weighted by Crippen LogP contribution is -2.45. The van der Waals surface area contributed by atoms with Gasteiger partial charge in [0.15, 0.2) is 17.0 Å². The number of nitrogens with one attached hydrogen (secondary N) is 2. The van der Waals surface area contributed by atoms with Crippen molar-refractivity contribution in [1.82, 2.24) is 24.8 Å². The maximum absolute atomic E-state index is 12.6. The van der Waals surface area contributed by atoms with Crippen LogP contribution in [-0.2, 0) is 4.79 Å². The summed E-state index contributed by atoms with van der Waals surface area (Å²) >= 11 is 6.14. The molecule has 1 amide bonds. The van der Waals surface area contributed by atoms with Crippen molar-refractivity contribution >= 4 is 34.5 Å². The Balaban J connectivity index is 1.17. The third-order valence-electron chi connectivity index (χ3n) is 9.51. The highest BCUT2D eigenvalue weighted by atomic mass is 35.5. The van der Waals surface area contributed by atoms with Crippen LogP contribution in [0, 0.1) is 29.1 Å². The molecule has 4 aliphatic carbocycles. The molecule has 0 spiro atoms. The Bertz CT molecular complexity index is 1800. The lowest BCUT2D eigenvalue weighted by molar-refractivity contribution is -0.134. The number of benzene rings is 2. The van der Waals surface area contributed by atoms with Crippen molar-refractivity contribution in [2.24, 2.45) is 17.3 Å². The number of aromatic nitrogens is 4. The highest BCUT2D eigenvalue weighted by Gasteiger charge is 2.91. The fourth-order valence-electron chi connectivity index (χ4n) is 7.35. The molecule has 4 saturated carbocycles. The van der Waals surface area contributed by atoms with E-state index in [0.717, 1.165) is 12.0 Å². The Hall–Kier alpha value is -3.97. The van der Waals surface area contributed by atoms with Crippen LogP contribution in [0.4, 0.5) is 5.82 Å². The summed E-state index contributed by atoms with van der Waals surface area (Å²) < 4.78 is 1.83.